The van der Waals surface area contributed by atoms with Gasteiger partial charge in [-0.1, -0.05) is 56.5 Å². The minimum atomic E-state index is -1.39. The summed E-state index contributed by atoms with van der Waals surface area (Å²) in [5, 5.41) is 15.2. The molecular formula is C26H35N3O5. The standard InChI is InChI=1S/C26H35N3O5/c1-6-18-12-11-13-19(16-18)22(23(31)27-20-14-9-8-10-15-20)29(7-2)24(32)21(17-30)28-25(33)34-26(3,4)5/h2,6,11-13,16,20-22,30H,1,8-10,14-15,17H2,3-5H3,(H,27,31)(H,28,33). The van der Waals surface area contributed by atoms with Gasteiger partial charge in [0.05, 0.1) is 6.61 Å². The number of carbonyl (C=O) groups excluding carboxylic acids is 3. The van der Waals surface area contributed by atoms with E-state index in [0.29, 0.717) is 5.56 Å². The number of aliphatic hydroxyl groups is 1. The van der Waals surface area contributed by atoms with E-state index in [-0.39, 0.29) is 6.04 Å². The molecule has 1 fully saturated rings. The van der Waals surface area contributed by atoms with Crippen molar-refractivity contribution >= 4 is 24.0 Å². The zero-order valence-corrected chi connectivity index (χ0v) is 20.2. The SMILES string of the molecule is C#CN(C(=O)C(CO)NC(=O)OC(C)(C)C)C(C(=O)NC1CCCCC1)c1cccc(C=C)c1. The fourth-order valence-corrected chi connectivity index (χ4v) is 3.87. The summed E-state index contributed by atoms with van der Waals surface area (Å²) in [5.74, 6) is -1.22. The normalized spacial score (nSPS) is 15.9. The predicted octanol–water partition coefficient (Wildman–Crippen LogP) is 3.12. The van der Waals surface area contributed by atoms with E-state index in [9.17, 15) is 19.5 Å². The minimum absolute atomic E-state index is 0.00501. The molecule has 8 heteroatoms. The Morgan fingerprint density at radius 2 is 1.97 bits per heavy atom. The molecule has 3 N–H and O–H groups in total. The van der Waals surface area contributed by atoms with Gasteiger partial charge in [0.25, 0.3) is 5.91 Å². The van der Waals surface area contributed by atoms with E-state index >= 15 is 0 Å². The molecule has 1 aromatic rings. The monoisotopic (exact) mass is 469 g/mol. The molecule has 0 radical (unpaired) electrons. The first-order valence-electron chi connectivity index (χ1n) is 11.5. The maximum Gasteiger partial charge on any atom is 0.408 e. The lowest BCUT2D eigenvalue weighted by Crippen LogP contribution is -2.53. The van der Waals surface area contributed by atoms with Crippen LogP contribution in [0.15, 0.2) is 30.8 Å². The highest BCUT2D eigenvalue weighted by Crippen LogP contribution is 2.25. The zero-order valence-electron chi connectivity index (χ0n) is 20.2. The molecular weight excluding hydrogens is 434 g/mol. The third-order valence-corrected chi connectivity index (χ3v) is 5.47. The van der Waals surface area contributed by atoms with Crippen molar-refractivity contribution in [1.82, 2.24) is 15.5 Å². The zero-order chi connectivity index (χ0) is 25.3. The highest BCUT2D eigenvalue weighted by Gasteiger charge is 2.36. The number of carbonyl (C=O) groups is 3. The number of hydrogen-bond donors (Lipinski definition) is 3. The van der Waals surface area contributed by atoms with Crippen molar-refractivity contribution in [2.45, 2.75) is 76.6 Å². The lowest BCUT2D eigenvalue weighted by atomic mass is 9.94. The molecule has 34 heavy (non-hydrogen) atoms. The summed E-state index contributed by atoms with van der Waals surface area (Å²) >= 11 is 0. The molecule has 2 unspecified atom stereocenters. The third kappa shape index (κ3) is 7.63. The molecule has 0 aromatic heterocycles. The van der Waals surface area contributed by atoms with Crippen LogP contribution in [-0.2, 0) is 14.3 Å². The summed E-state index contributed by atoms with van der Waals surface area (Å²) in [5.41, 5.74) is 0.445. The van der Waals surface area contributed by atoms with E-state index in [4.69, 9.17) is 11.2 Å². The molecule has 0 aliphatic heterocycles. The molecule has 8 nitrogen and oxygen atoms in total. The number of terminal acetylenes is 1. The molecule has 1 saturated carbocycles. The lowest BCUT2D eigenvalue weighted by Gasteiger charge is -2.32. The van der Waals surface area contributed by atoms with Crippen LogP contribution in [0.1, 0.15) is 70.0 Å². The molecule has 3 amide bonds. The second kappa shape index (κ2) is 12.2. The second-order valence-electron chi connectivity index (χ2n) is 9.34. The summed E-state index contributed by atoms with van der Waals surface area (Å²) in [6.07, 6.45) is 11.3. The Labute approximate surface area is 201 Å². The van der Waals surface area contributed by atoms with Gasteiger partial charge >= 0.3 is 6.09 Å². The van der Waals surface area contributed by atoms with Crippen LogP contribution in [0.25, 0.3) is 6.08 Å². The van der Waals surface area contributed by atoms with Gasteiger partial charge in [-0.15, -0.1) is 0 Å². The Kier molecular flexibility index (Phi) is 9.69. The van der Waals surface area contributed by atoms with Gasteiger partial charge in [0.1, 0.15) is 17.7 Å². The smallest absolute Gasteiger partial charge is 0.408 e. The summed E-state index contributed by atoms with van der Waals surface area (Å²) in [6.45, 7) is 8.06. The first-order valence-corrected chi connectivity index (χ1v) is 11.5. The predicted molar refractivity (Wildman–Crippen MR) is 130 cm³/mol. The van der Waals surface area contributed by atoms with Crippen molar-refractivity contribution in [2.75, 3.05) is 6.61 Å². The van der Waals surface area contributed by atoms with Gasteiger partial charge in [-0.05, 0) is 50.8 Å². The van der Waals surface area contributed by atoms with Crippen LogP contribution in [-0.4, -0.2) is 52.2 Å². The maximum atomic E-state index is 13.4. The van der Waals surface area contributed by atoms with Crippen molar-refractivity contribution in [2.24, 2.45) is 0 Å². The number of hydrogen-bond acceptors (Lipinski definition) is 5. The maximum absolute atomic E-state index is 13.4. The molecule has 0 bridgehead atoms. The van der Waals surface area contributed by atoms with Crippen LogP contribution in [0.2, 0.25) is 0 Å². The fraction of sp³-hybridized carbons (Fsp3) is 0.500. The quantitative estimate of drug-likeness (QED) is 0.401. The van der Waals surface area contributed by atoms with E-state index < -0.39 is 42.2 Å². The number of amides is 3. The molecule has 0 heterocycles. The summed E-state index contributed by atoms with van der Waals surface area (Å²) < 4.78 is 5.18. The number of nitrogens with one attached hydrogen (secondary N) is 2. The summed E-state index contributed by atoms with van der Waals surface area (Å²) in [6, 6.07) is 6.72. The van der Waals surface area contributed by atoms with Gasteiger partial charge < -0.3 is 20.5 Å². The largest absolute Gasteiger partial charge is 0.444 e. The number of aliphatic hydroxyl groups excluding tert-OH is 1. The van der Waals surface area contributed by atoms with E-state index in [0.717, 1.165) is 42.6 Å². The Hall–Kier alpha value is -3.31. The average molecular weight is 470 g/mol. The van der Waals surface area contributed by atoms with Crippen LogP contribution < -0.4 is 10.6 Å². The molecule has 2 atom stereocenters. The van der Waals surface area contributed by atoms with E-state index in [1.54, 1.807) is 45.0 Å². The van der Waals surface area contributed by atoms with E-state index in [1.165, 1.54) is 0 Å². The van der Waals surface area contributed by atoms with Gasteiger partial charge in [-0.3, -0.25) is 14.5 Å². The molecule has 0 saturated heterocycles. The Morgan fingerprint density at radius 1 is 1.29 bits per heavy atom. The van der Waals surface area contributed by atoms with Crippen LogP contribution in [0, 0.1) is 12.5 Å². The van der Waals surface area contributed by atoms with Crippen LogP contribution in [0.4, 0.5) is 4.79 Å². The number of ether oxygens (including phenoxy) is 1. The van der Waals surface area contributed by atoms with Crippen molar-refractivity contribution in [3.63, 3.8) is 0 Å². The lowest BCUT2D eigenvalue weighted by molar-refractivity contribution is -0.139. The highest BCUT2D eigenvalue weighted by atomic mass is 16.6. The van der Waals surface area contributed by atoms with Crippen LogP contribution in [0.5, 0.6) is 0 Å². The van der Waals surface area contributed by atoms with E-state index in [2.05, 4.69) is 23.3 Å². The summed E-state index contributed by atoms with van der Waals surface area (Å²) in [7, 11) is 0. The van der Waals surface area contributed by atoms with Crippen molar-refractivity contribution in [1.29, 1.82) is 0 Å². The molecule has 0 spiro atoms. The van der Waals surface area contributed by atoms with Crippen LogP contribution >= 0.6 is 0 Å². The third-order valence-electron chi connectivity index (χ3n) is 5.47. The van der Waals surface area contributed by atoms with Crippen molar-refractivity contribution < 1.29 is 24.2 Å². The number of benzene rings is 1. The van der Waals surface area contributed by atoms with Gasteiger partial charge in [0, 0.05) is 12.1 Å². The molecule has 184 valence electrons. The second-order valence-corrected chi connectivity index (χ2v) is 9.34. The first-order chi connectivity index (χ1) is 16.1. The Morgan fingerprint density at radius 3 is 2.53 bits per heavy atom. The number of alkyl carbamates (subject to hydrolysis) is 1. The topological polar surface area (TPSA) is 108 Å². The number of nitrogens with zero attached hydrogens (tertiary/aromatic N) is 1. The highest BCUT2D eigenvalue weighted by molar-refractivity contribution is 5.93. The van der Waals surface area contributed by atoms with Gasteiger partial charge in [-0.2, -0.15) is 0 Å². The molecule has 1 aliphatic rings. The Balaban J connectivity index is 2.35. The fourth-order valence-electron chi connectivity index (χ4n) is 3.87. The molecule has 1 aliphatic carbocycles. The van der Waals surface area contributed by atoms with Crippen molar-refractivity contribution in [3.05, 3.63) is 42.0 Å². The summed E-state index contributed by atoms with van der Waals surface area (Å²) in [4.78, 5) is 39.9. The average Bonchev–Trinajstić information content (AvgIpc) is 2.79. The van der Waals surface area contributed by atoms with E-state index in [1.807, 2.05) is 6.07 Å². The van der Waals surface area contributed by atoms with Gasteiger partial charge in [-0.25, -0.2) is 4.79 Å². The minimum Gasteiger partial charge on any atom is -0.444 e. The van der Waals surface area contributed by atoms with Gasteiger partial charge in [0.2, 0.25) is 5.91 Å². The molecule has 2 rings (SSSR count). The van der Waals surface area contributed by atoms with Crippen LogP contribution in [0.3, 0.4) is 0 Å². The van der Waals surface area contributed by atoms with Gasteiger partial charge in [0.15, 0.2) is 0 Å². The molecule has 1 aromatic carbocycles. The Bertz CT molecular complexity index is 925. The number of rotatable bonds is 8. The van der Waals surface area contributed by atoms with Crippen molar-refractivity contribution in [3.8, 4) is 12.5 Å². The first kappa shape index (κ1) is 26.9.